The predicted molar refractivity (Wildman–Crippen MR) is 119 cm³/mol. The lowest BCUT2D eigenvalue weighted by Gasteiger charge is -2.24. The number of nitrogen functional groups attached to an aromatic ring is 1. The molecule has 2 heterocycles. The number of hydrogen-bond donors (Lipinski definition) is 2. The Hall–Kier alpha value is -3.33. The SMILES string of the molecule is CC(C)(C)OC(=O)Nc1cc2c(cnn2C2CCCCO2)cc1Oc1ccc(N)cc1F. The molecule has 0 spiro atoms. The van der Waals surface area contributed by atoms with E-state index in [1.54, 1.807) is 43.8 Å². The van der Waals surface area contributed by atoms with Gasteiger partial charge in [-0.1, -0.05) is 0 Å². The van der Waals surface area contributed by atoms with Crippen LogP contribution in [0.15, 0.2) is 36.5 Å². The van der Waals surface area contributed by atoms with E-state index >= 15 is 0 Å². The van der Waals surface area contributed by atoms with Crippen molar-refractivity contribution in [1.82, 2.24) is 9.78 Å². The van der Waals surface area contributed by atoms with Gasteiger partial charge in [-0.25, -0.2) is 13.9 Å². The zero-order valence-corrected chi connectivity index (χ0v) is 18.4. The summed E-state index contributed by atoms with van der Waals surface area (Å²) in [6, 6.07) is 7.58. The molecule has 9 heteroatoms. The van der Waals surface area contributed by atoms with Crippen LogP contribution in [-0.2, 0) is 9.47 Å². The highest BCUT2D eigenvalue weighted by Crippen LogP contribution is 2.37. The Kier molecular flexibility index (Phi) is 5.92. The van der Waals surface area contributed by atoms with Crippen molar-refractivity contribution in [2.24, 2.45) is 0 Å². The third-order valence-corrected chi connectivity index (χ3v) is 4.94. The summed E-state index contributed by atoms with van der Waals surface area (Å²) in [6.45, 7) is 5.98. The van der Waals surface area contributed by atoms with E-state index < -0.39 is 17.5 Å². The topological polar surface area (TPSA) is 101 Å². The second-order valence-corrected chi connectivity index (χ2v) is 8.74. The van der Waals surface area contributed by atoms with Gasteiger partial charge in [-0.05, 0) is 64.3 Å². The van der Waals surface area contributed by atoms with Gasteiger partial charge in [-0.15, -0.1) is 0 Å². The minimum absolute atomic E-state index is 0.0196. The predicted octanol–water partition coefficient (Wildman–Crippen LogP) is 5.60. The molecule has 1 saturated heterocycles. The van der Waals surface area contributed by atoms with Crippen LogP contribution < -0.4 is 15.8 Å². The summed E-state index contributed by atoms with van der Waals surface area (Å²) in [6.07, 6.45) is 3.77. The molecule has 1 atom stereocenters. The molecule has 1 aliphatic heterocycles. The van der Waals surface area contributed by atoms with Crippen molar-refractivity contribution in [3.8, 4) is 11.5 Å². The number of fused-ring (bicyclic) bond motifs is 1. The van der Waals surface area contributed by atoms with E-state index in [1.807, 2.05) is 0 Å². The van der Waals surface area contributed by atoms with Crippen molar-refractivity contribution in [3.63, 3.8) is 0 Å². The summed E-state index contributed by atoms with van der Waals surface area (Å²) in [4.78, 5) is 12.5. The highest BCUT2D eigenvalue weighted by molar-refractivity contribution is 5.93. The highest BCUT2D eigenvalue weighted by atomic mass is 19.1. The first kappa shape index (κ1) is 21.9. The molecule has 0 saturated carbocycles. The number of carbonyl (C=O) groups is 1. The van der Waals surface area contributed by atoms with Crippen molar-refractivity contribution in [2.45, 2.75) is 51.9 Å². The number of aromatic nitrogens is 2. The van der Waals surface area contributed by atoms with Crippen molar-refractivity contribution in [1.29, 1.82) is 0 Å². The van der Waals surface area contributed by atoms with Gasteiger partial charge < -0.3 is 19.9 Å². The van der Waals surface area contributed by atoms with Gasteiger partial charge in [0, 0.05) is 23.7 Å². The number of nitrogens with zero attached hydrogens (tertiary/aromatic N) is 2. The van der Waals surface area contributed by atoms with E-state index in [2.05, 4.69) is 10.4 Å². The minimum Gasteiger partial charge on any atom is -0.452 e. The first-order valence-electron chi connectivity index (χ1n) is 10.6. The van der Waals surface area contributed by atoms with Crippen LogP contribution >= 0.6 is 0 Å². The molecule has 1 aromatic heterocycles. The number of halogens is 1. The standard InChI is InChI=1S/C23H27FN4O4/c1-23(2,3)32-22(29)27-17-12-18-14(13-26-28(18)21-6-4-5-9-30-21)10-20(17)31-19-8-7-15(25)11-16(19)24/h7-8,10-13,21H,4-6,9,25H2,1-3H3,(H,27,29). The van der Waals surface area contributed by atoms with Crippen LogP contribution in [0.1, 0.15) is 46.3 Å². The minimum atomic E-state index is -0.685. The molecular formula is C23H27FN4O4. The maximum Gasteiger partial charge on any atom is 0.412 e. The van der Waals surface area contributed by atoms with Gasteiger partial charge in [-0.2, -0.15) is 5.10 Å². The van der Waals surface area contributed by atoms with E-state index in [0.717, 1.165) is 30.2 Å². The maximum absolute atomic E-state index is 14.4. The largest absolute Gasteiger partial charge is 0.452 e. The van der Waals surface area contributed by atoms with E-state index in [1.165, 1.54) is 18.2 Å². The van der Waals surface area contributed by atoms with Gasteiger partial charge in [-0.3, -0.25) is 5.32 Å². The fourth-order valence-electron chi connectivity index (χ4n) is 3.53. The van der Waals surface area contributed by atoms with E-state index in [4.69, 9.17) is 19.9 Å². The van der Waals surface area contributed by atoms with Crippen LogP contribution in [0.5, 0.6) is 11.5 Å². The summed E-state index contributed by atoms with van der Waals surface area (Å²) in [5.74, 6) is -0.385. The number of anilines is 2. The molecule has 8 nitrogen and oxygen atoms in total. The van der Waals surface area contributed by atoms with E-state index in [-0.39, 0.29) is 23.4 Å². The lowest BCUT2D eigenvalue weighted by molar-refractivity contribution is -0.0366. The van der Waals surface area contributed by atoms with Gasteiger partial charge in [0.2, 0.25) is 0 Å². The Balaban J connectivity index is 1.73. The molecule has 1 fully saturated rings. The Bertz CT molecular complexity index is 1130. The van der Waals surface area contributed by atoms with Gasteiger partial charge in [0.1, 0.15) is 5.60 Å². The number of nitrogens with one attached hydrogen (secondary N) is 1. The maximum atomic E-state index is 14.4. The molecule has 3 aromatic rings. The Labute approximate surface area is 185 Å². The number of rotatable bonds is 4. The van der Waals surface area contributed by atoms with Crippen molar-refractivity contribution in [3.05, 3.63) is 42.3 Å². The molecule has 1 aliphatic rings. The average molecular weight is 442 g/mol. The number of hydrogen-bond acceptors (Lipinski definition) is 6. The summed E-state index contributed by atoms with van der Waals surface area (Å²) in [5.41, 5.74) is 6.31. The molecule has 32 heavy (non-hydrogen) atoms. The van der Waals surface area contributed by atoms with Crippen LogP contribution in [0.25, 0.3) is 10.9 Å². The van der Waals surface area contributed by atoms with E-state index in [0.29, 0.717) is 12.3 Å². The summed E-state index contributed by atoms with van der Waals surface area (Å²) >= 11 is 0. The Morgan fingerprint density at radius 2 is 2.06 bits per heavy atom. The van der Waals surface area contributed by atoms with Gasteiger partial charge in [0.05, 0.1) is 17.4 Å². The number of ether oxygens (including phenoxy) is 3. The van der Waals surface area contributed by atoms with Gasteiger partial charge >= 0.3 is 6.09 Å². The smallest absolute Gasteiger partial charge is 0.412 e. The highest BCUT2D eigenvalue weighted by Gasteiger charge is 2.22. The molecular weight excluding hydrogens is 415 g/mol. The molecule has 0 bridgehead atoms. The van der Waals surface area contributed by atoms with Gasteiger partial charge in [0.15, 0.2) is 23.5 Å². The lowest BCUT2D eigenvalue weighted by Crippen LogP contribution is -2.27. The van der Waals surface area contributed by atoms with Crippen LogP contribution in [0, 0.1) is 5.82 Å². The fourth-order valence-corrected chi connectivity index (χ4v) is 3.53. The molecule has 3 N–H and O–H groups in total. The average Bonchev–Trinajstić information content (AvgIpc) is 3.12. The molecule has 0 radical (unpaired) electrons. The van der Waals surface area contributed by atoms with E-state index in [9.17, 15) is 9.18 Å². The monoisotopic (exact) mass is 442 g/mol. The molecule has 0 aliphatic carbocycles. The zero-order chi connectivity index (χ0) is 22.9. The van der Waals surface area contributed by atoms with Crippen LogP contribution in [-0.4, -0.2) is 28.1 Å². The number of carbonyl (C=O) groups excluding carboxylic acids is 1. The van der Waals surface area contributed by atoms with Crippen LogP contribution in [0.4, 0.5) is 20.6 Å². The molecule has 1 amide bonds. The molecule has 1 unspecified atom stereocenters. The second-order valence-electron chi connectivity index (χ2n) is 8.74. The second kappa shape index (κ2) is 8.66. The summed E-state index contributed by atoms with van der Waals surface area (Å²) in [5, 5.41) is 7.96. The van der Waals surface area contributed by atoms with Crippen LogP contribution in [0.2, 0.25) is 0 Å². The molecule has 4 rings (SSSR count). The first-order chi connectivity index (χ1) is 15.2. The Morgan fingerprint density at radius 3 is 2.75 bits per heavy atom. The first-order valence-corrected chi connectivity index (χ1v) is 10.6. The van der Waals surface area contributed by atoms with Gasteiger partial charge in [0.25, 0.3) is 0 Å². The molecule has 2 aromatic carbocycles. The normalized spacial score (nSPS) is 16.7. The fraction of sp³-hybridized carbons (Fsp3) is 0.391. The zero-order valence-electron chi connectivity index (χ0n) is 18.4. The Morgan fingerprint density at radius 1 is 1.25 bits per heavy atom. The van der Waals surface area contributed by atoms with Crippen LogP contribution in [0.3, 0.4) is 0 Å². The number of amides is 1. The third kappa shape index (κ3) is 4.94. The lowest BCUT2D eigenvalue weighted by atomic mass is 10.1. The molecule has 170 valence electrons. The summed E-state index contributed by atoms with van der Waals surface area (Å²) in [7, 11) is 0. The number of nitrogens with two attached hydrogens (primary N) is 1. The van der Waals surface area contributed by atoms with Crippen molar-refractivity contribution >= 4 is 28.4 Å². The third-order valence-electron chi connectivity index (χ3n) is 4.94. The number of benzene rings is 2. The summed E-state index contributed by atoms with van der Waals surface area (Å²) < 4.78 is 33.2. The van der Waals surface area contributed by atoms with Crippen molar-refractivity contribution < 1.29 is 23.4 Å². The quantitative estimate of drug-likeness (QED) is 0.511. The van der Waals surface area contributed by atoms with Crippen molar-refractivity contribution in [2.75, 3.05) is 17.7 Å².